The van der Waals surface area contributed by atoms with Crippen LogP contribution in [0, 0.1) is 5.92 Å². The quantitative estimate of drug-likeness (QED) is 0.372. The Hall–Kier alpha value is -1.92. The van der Waals surface area contributed by atoms with Gasteiger partial charge in [0.05, 0.1) is 11.6 Å². The van der Waals surface area contributed by atoms with Crippen LogP contribution in [0.5, 0.6) is 0 Å². The van der Waals surface area contributed by atoms with Crippen molar-refractivity contribution in [2.24, 2.45) is 11.1 Å². The van der Waals surface area contributed by atoms with Gasteiger partial charge in [-0.15, -0.1) is 0 Å². The van der Waals surface area contributed by atoms with Crippen LogP contribution in [0.1, 0.15) is 37.7 Å². The topological polar surface area (TPSA) is 71.4 Å². The molecule has 6 heteroatoms. The van der Waals surface area contributed by atoms with Crippen molar-refractivity contribution in [2.45, 2.75) is 32.1 Å². The standard InChI is InChI=1S/C20H30N2O4/c1-25-14-6-5-11-19(17-8-3-2-4-9-17)21-26-15-13-22-12-7-10-18(16-22)20(23)24/h2-4,8-9,18H,5-7,10-16H2,1H3,(H,23,24). The second kappa shape index (κ2) is 11.6. The molecular weight excluding hydrogens is 332 g/mol. The van der Waals surface area contributed by atoms with Gasteiger partial charge in [0.1, 0.15) is 6.61 Å². The maximum atomic E-state index is 11.1. The largest absolute Gasteiger partial charge is 0.481 e. The Morgan fingerprint density at radius 1 is 1.27 bits per heavy atom. The predicted octanol–water partition coefficient (Wildman–Crippen LogP) is 3.02. The molecule has 1 aliphatic rings. The summed E-state index contributed by atoms with van der Waals surface area (Å²) in [5.74, 6) is -0.955. The second-order valence-corrected chi connectivity index (χ2v) is 6.67. The fraction of sp³-hybridized carbons (Fsp3) is 0.600. The molecule has 1 heterocycles. The molecular formula is C20H30N2O4. The van der Waals surface area contributed by atoms with Gasteiger partial charge in [-0.05, 0) is 44.2 Å². The molecule has 0 aromatic heterocycles. The average molecular weight is 362 g/mol. The number of hydrogen-bond donors (Lipinski definition) is 1. The molecule has 6 nitrogen and oxygen atoms in total. The molecule has 0 saturated carbocycles. The van der Waals surface area contributed by atoms with E-state index in [4.69, 9.17) is 14.7 Å². The number of oxime groups is 1. The lowest BCUT2D eigenvalue weighted by Crippen LogP contribution is -2.40. The van der Waals surface area contributed by atoms with E-state index in [0.29, 0.717) is 19.7 Å². The van der Waals surface area contributed by atoms with Gasteiger partial charge in [-0.25, -0.2) is 0 Å². The van der Waals surface area contributed by atoms with Crippen molar-refractivity contribution in [2.75, 3.05) is 40.0 Å². The summed E-state index contributed by atoms with van der Waals surface area (Å²) in [5.41, 5.74) is 2.03. The van der Waals surface area contributed by atoms with Crippen molar-refractivity contribution in [3.63, 3.8) is 0 Å². The number of methoxy groups -OCH3 is 1. The minimum Gasteiger partial charge on any atom is -0.481 e. The normalized spacial score (nSPS) is 18.7. The van der Waals surface area contributed by atoms with E-state index in [1.54, 1.807) is 7.11 Å². The number of carbonyl (C=O) groups is 1. The van der Waals surface area contributed by atoms with E-state index in [1.807, 2.05) is 30.3 Å². The molecule has 0 spiro atoms. The number of benzene rings is 1. The molecule has 1 aromatic rings. The van der Waals surface area contributed by atoms with Gasteiger partial charge < -0.3 is 14.7 Å². The maximum absolute atomic E-state index is 11.1. The summed E-state index contributed by atoms with van der Waals surface area (Å²) in [6.45, 7) is 3.47. The van der Waals surface area contributed by atoms with E-state index in [1.165, 1.54) is 0 Å². The molecule has 0 amide bonds. The summed E-state index contributed by atoms with van der Waals surface area (Å²) in [4.78, 5) is 18.9. The molecule has 1 saturated heterocycles. The van der Waals surface area contributed by atoms with Crippen molar-refractivity contribution in [3.8, 4) is 0 Å². The zero-order valence-corrected chi connectivity index (χ0v) is 15.6. The summed E-state index contributed by atoms with van der Waals surface area (Å²) in [7, 11) is 1.71. The maximum Gasteiger partial charge on any atom is 0.307 e. The number of piperidine rings is 1. The highest BCUT2D eigenvalue weighted by atomic mass is 16.6. The van der Waals surface area contributed by atoms with Crippen LogP contribution in [0.25, 0.3) is 0 Å². The first-order valence-corrected chi connectivity index (χ1v) is 9.39. The van der Waals surface area contributed by atoms with Gasteiger partial charge >= 0.3 is 5.97 Å². The summed E-state index contributed by atoms with van der Waals surface area (Å²) in [5, 5.41) is 13.5. The first-order chi connectivity index (χ1) is 12.7. The molecule has 2 rings (SSSR count). The van der Waals surface area contributed by atoms with E-state index in [-0.39, 0.29) is 5.92 Å². The minimum atomic E-state index is -0.698. The first-order valence-electron chi connectivity index (χ1n) is 9.39. The molecule has 1 aliphatic heterocycles. The van der Waals surface area contributed by atoms with Crippen LogP contribution in [0.2, 0.25) is 0 Å². The van der Waals surface area contributed by atoms with Crippen molar-refractivity contribution in [1.29, 1.82) is 0 Å². The lowest BCUT2D eigenvalue weighted by Gasteiger charge is -2.29. The van der Waals surface area contributed by atoms with Crippen LogP contribution in [0.15, 0.2) is 35.5 Å². The Bertz CT molecular complexity index is 562. The van der Waals surface area contributed by atoms with Crippen LogP contribution in [0.4, 0.5) is 0 Å². The van der Waals surface area contributed by atoms with E-state index in [9.17, 15) is 4.79 Å². The first kappa shape index (κ1) is 20.4. The van der Waals surface area contributed by atoms with E-state index >= 15 is 0 Å². The Morgan fingerprint density at radius 3 is 2.81 bits per heavy atom. The van der Waals surface area contributed by atoms with Crippen LogP contribution < -0.4 is 0 Å². The van der Waals surface area contributed by atoms with Crippen LogP contribution in [0.3, 0.4) is 0 Å². The fourth-order valence-corrected chi connectivity index (χ4v) is 3.17. The van der Waals surface area contributed by atoms with Crippen molar-refractivity contribution >= 4 is 11.7 Å². The average Bonchev–Trinajstić information content (AvgIpc) is 2.67. The van der Waals surface area contributed by atoms with Gasteiger partial charge in [0, 0.05) is 26.8 Å². The van der Waals surface area contributed by atoms with Gasteiger partial charge in [0.15, 0.2) is 0 Å². The summed E-state index contributed by atoms with van der Waals surface area (Å²) < 4.78 is 5.10. The van der Waals surface area contributed by atoms with Gasteiger partial charge in [-0.1, -0.05) is 35.5 Å². The number of hydrogen-bond acceptors (Lipinski definition) is 5. The third-order valence-electron chi connectivity index (χ3n) is 4.65. The number of rotatable bonds is 11. The molecule has 0 aliphatic carbocycles. The summed E-state index contributed by atoms with van der Waals surface area (Å²) in [6.07, 6.45) is 4.53. The minimum absolute atomic E-state index is 0.257. The van der Waals surface area contributed by atoms with E-state index in [2.05, 4.69) is 10.1 Å². The molecule has 1 N–H and O–H groups in total. The molecule has 26 heavy (non-hydrogen) atoms. The summed E-state index contributed by atoms with van der Waals surface area (Å²) >= 11 is 0. The van der Waals surface area contributed by atoms with Crippen LogP contribution >= 0.6 is 0 Å². The van der Waals surface area contributed by atoms with E-state index < -0.39 is 5.97 Å². The third kappa shape index (κ3) is 7.14. The van der Waals surface area contributed by atoms with Crippen molar-refractivity contribution in [1.82, 2.24) is 4.90 Å². The second-order valence-electron chi connectivity index (χ2n) is 6.67. The number of ether oxygens (including phenoxy) is 1. The van der Waals surface area contributed by atoms with Crippen molar-refractivity contribution < 1.29 is 19.5 Å². The van der Waals surface area contributed by atoms with Gasteiger partial charge in [-0.2, -0.15) is 0 Å². The molecule has 1 unspecified atom stereocenters. The van der Waals surface area contributed by atoms with Crippen LogP contribution in [-0.4, -0.2) is 61.6 Å². The Labute approximate surface area is 155 Å². The van der Waals surface area contributed by atoms with Gasteiger partial charge in [-0.3, -0.25) is 9.69 Å². The van der Waals surface area contributed by atoms with E-state index in [0.717, 1.165) is 56.5 Å². The molecule has 144 valence electrons. The Kier molecular flexibility index (Phi) is 9.14. The lowest BCUT2D eigenvalue weighted by molar-refractivity contribution is -0.143. The number of nitrogens with zero attached hydrogens (tertiary/aromatic N) is 2. The number of likely N-dealkylation sites (tertiary alicyclic amines) is 1. The van der Waals surface area contributed by atoms with Gasteiger partial charge in [0.2, 0.25) is 0 Å². The number of carboxylic acids is 1. The molecule has 0 radical (unpaired) electrons. The predicted molar refractivity (Wildman–Crippen MR) is 101 cm³/mol. The Balaban J connectivity index is 1.82. The van der Waals surface area contributed by atoms with Crippen LogP contribution in [-0.2, 0) is 14.4 Å². The Morgan fingerprint density at radius 2 is 2.08 bits per heavy atom. The zero-order chi connectivity index (χ0) is 18.6. The van der Waals surface area contributed by atoms with Crippen molar-refractivity contribution in [3.05, 3.63) is 35.9 Å². The number of carboxylic acid groups (broad SMARTS) is 1. The lowest BCUT2D eigenvalue weighted by atomic mass is 9.98. The third-order valence-corrected chi connectivity index (χ3v) is 4.65. The SMILES string of the molecule is COCCCCC(=NOCCN1CCCC(C(=O)O)C1)c1ccccc1. The molecule has 0 bridgehead atoms. The highest BCUT2D eigenvalue weighted by Crippen LogP contribution is 2.16. The fourth-order valence-electron chi connectivity index (χ4n) is 3.17. The highest BCUT2D eigenvalue weighted by Gasteiger charge is 2.24. The zero-order valence-electron chi connectivity index (χ0n) is 15.6. The smallest absolute Gasteiger partial charge is 0.307 e. The molecule has 1 fully saturated rings. The molecule has 1 aromatic carbocycles. The number of unbranched alkanes of at least 4 members (excludes halogenated alkanes) is 1. The van der Waals surface area contributed by atoms with Gasteiger partial charge in [0.25, 0.3) is 0 Å². The highest BCUT2D eigenvalue weighted by molar-refractivity contribution is 6.00. The molecule has 1 atom stereocenters. The number of aliphatic carboxylic acids is 1. The monoisotopic (exact) mass is 362 g/mol. The summed E-state index contributed by atoms with van der Waals surface area (Å²) in [6, 6.07) is 10.1.